The van der Waals surface area contributed by atoms with Crippen molar-refractivity contribution in [3.8, 4) is 17.0 Å². The number of nitrogens with zero attached hydrogens (tertiary/aromatic N) is 3. The van der Waals surface area contributed by atoms with Crippen molar-refractivity contribution in [2.45, 2.75) is 72.5 Å². The smallest absolute Gasteiger partial charge is 0.337 e. The highest BCUT2D eigenvalue weighted by Crippen LogP contribution is 2.43. The van der Waals surface area contributed by atoms with Gasteiger partial charge in [-0.1, -0.05) is 20.8 Å². The van der Waals surface area contributed by atoms with Gasteiger partial charge in [0.15, 0.2) is 6.10 Å². The molecule has 3 rings (SSSR count). The predicted molar refractivity (Wildman–Crippen MR) is 125 cm³/mol. The van der Waals surface area contributed by atoms with E-state index < -0.39 is 17.7 Å². The summed E-state index contributed by atoms with van der Waals surface area (Å²) in [6, 6.07) is 3.32. The number of piperidine rings is 1. The number of aryl methyl sites for hydroxylation is 1. The second kappa shape index (κ2) is 9.06. The average molecular weight is 442 g/mol. The molecule has 1 saturated heterocycles. The van der Waals surface area contributed by atoms with Crippen LogP contribution in [0.5, 0.6) is 5.75 Å². The fourth-order valence-corrected chi connectivity index (χ4v) is 4.11. The summed E-state index contributed by atoms with van der Waals surface area (Å²) in [6.45, 7) is 13.7. The number of carbonyl (C=O) groups is 1. The Morgan fingerprint density at radius 1 is 1.19 bits per heavy atom. The third kappa shape index (κ3) is 5.38. The van der Waals surface area contributed by atoms with Gasteiger partial charge in [0.25, 0.3) is 0 Å². The highest BCUT2D eigenvalue weighted by molar-refractivity contribution is 5.85. The molecular formula is C25H35N3O4. The van der Waals surface area contributed by atoms with Crippen molar-refractivity contribution >= 4 is 11.7 Å². The Labute approximate surface area is 190 Å². The molecule has 7 nitrogen and oxygen atoms in total. The van der Waals surface area contributed by atoms with Crippen molar-refractivity contribution in [2.24, 2.45) is 5.41 Å². The zero-order chi connectivity index (χ0) is 23.7. The monoisotopic (exact) mass is 441 g/mol. The molecule has 7 heteroatoms. The first-order chi connectivity index (χ1) is 14.9. The minimum atomic E-state index is -1.15. The van der Waals surface area contributed by atoms with Crippen molar-refractivity contribution < 1.29 is 19.7 Å². The van der Waals surface area contributed by atoms with E-state index in [-0.39, 0.29) is 11.2 Å². The number of carboxylic acid groups (broad SMARTS) is 1. The highest BCUT2D eigenvalue weighted by atomic mass is 16.5. The van der Waals surface area contributed by atoms with Crippen molar-refractivity contribution in [3.63, 3.8) is 0 Å². The summed E-state index contributed by atoms with van der Waals surface area (Å²) in [5, 5.41) is 19.9. The summed E-state index contributed by atoms with van der Waals surface area (Å²) in [5.41, 5.74) is 3.11. The zero-order valence-corrected chi connectivity index (χ0v) is 20.0. The van der Waals surface area contributed by atoms with Gasteiger partial charge in [0, 0.05) is 36.1 Å². The third-order valence-corrected chi connectivity index (χ3v) is 5.92. The molecule has 0 bridgehead atoms. The molecule has 2 aromatic rings. The third-order valence-electron chi connectivity index (χ3n) is 5.92. The van der Waals surface area contributed by atoms with Crippen molar-refractivity contribution in [1.29, 1.82) is 0 Å². The van der Waals surface area contributed by atoms with Crippen LogP contribution in [-0.2, 0) is 16.0 Å². The molecule has 1 unspecified atom stereocenters. The first-order valence-corrected chi connectivity index (χ1v) is 11.2. The number of hydrogen-bond acceptors (Lipinski definition) is 6. The lowest BCUT2D eigenvalue weighted by Crippen LogP contribution is -2.39. The van der Waals surface area contributed by atoms with Crippen LogP contribution >= 0.6 is 0 Å². The number of ether oxygens (including phenoxy) is 1. The lowest BCUT2D eigenvalue weighted by Gasteiger charge is -2.41. The van der Waals surface area contributed by atoms with Crippen molar-refractivity contribution in [3.05, 3.63) is 35.8 Å². The number of rotatable bonds is 6. The summed E-state index contributed by atoms with van der Waals surface area (Å²) < 4.78 is 6.08. The summed E-state index contributed by atoms with van der Waals surface area (Å²) in [5.74, 6) is -0.960. The lowest BCUT2D eigenvalue weighted by atomic mass is 9.82. The number of hydrogen-bond donors (Lipinski definition) is 2. The van der Waals surface area contributed by atoms with E-state index in [1.807, 2.05) is 27.7 Å². The molecule has 1 atom stereocenters. The Morgan fingerprint density at radius 3 is 2.34 bits per heavy atom. The van der Waals surface area contributed by atoms with Crippen LogP contribution in [0.2, 0.25) is 0 Å². The van der Waals surface area contributed by atoms with Crippen LogP contribution in [0.15, 0.2) is 24.5 Å². The topological polar surface area (TPSA) is 95.8 Å². The van der Waals surface area contributed by atoms with Crippen LogP contribution in [0.1, 0.15) is 71.7 Å². The number of pyridine rings is 2. The van der Waals surface area contributed by atoms with Gasteiger partial charge in [0.05, 0.1) is 23.2 Å². The van der Waals surface area contributed by atoms with E-state index in [4.69, 9.17) is 4.74 Å². The molecular weight excluding hydrogens is 406 g/mol. The van der Waals surface area contributed by atoms with Crippen LogP contribution in [0, 0.1) is 5.41 Å². The Balaban J connectivity index is 2.26. The maximum absolute atomic E-state index is 12.5. The Morgan fingerprint density at radius 2 is 1.84 bits per heavy atom. The summed E-state index contributed by atoms with van der Waals surface area (Å²) >= 11 is 0. The van der Waals surface area contributed by atoms with Crippen molar-refractivity contribution in [1.82, 2.24) is 9.97 Å². The largest absolute Gasteiger partial charge is 0.506 e. The Kier molecular flexibility index (Phi) is 6.79. The molecule has 0 aromatic carbocycles. The molecule has 2 aromatic heterocycles. The number of anilines is 1. The van der Waals surface area contributed by atoms with Crippen molar-refractivity contribution in [2.75, 3.05) is 18.0 Å². The SMILES string of the molecule is CCc1ncc(-c2ccc(O)cn2)c(N2CCC(C)(C)CC2)c1C(OC(C)(C)C)C(=O)O. The molecule has 174 valence electrons. The minimum absolute atomic E-state index is 0.0767. The molecule has 32 heavy (non-hydrogen) atoms. The van der Waals surface area contributed by atoms with Crippen LogP contribution in [0.4, 0.5) is 5.69 Å². The molecule has 3 heterocycles. The second-order valence-corrected chi connectivity index (χ2v) is 10.2. The van der Waals surface area contributed by atoms with E-state index in [2.05, 4.69) is 28.7 Å². The first kappa shape index (κ1) is 24.0. The van der Waals surface area contributed by atoms with Gasteiger partial charge in [-0.15, -0.1) is 0 Å². The Bertz CT molecular complexity index is 954. The van der Waals surface area contributed by atoms with Gasteiger partial charge in [-0.25, -0.2) is 4.79 Å². The van der Waals surface area contributed by atoms with E-state index in [0.29, 0.717) is 23.4 Å². The Hall–Kier alpha value is -2.67. The fourth-order valence-electron chi connectivity index (χ4n) is 4.11. The molecule has 0 radical (unpaired) electrons. The van der Waals surface area contributed by atoms with Gasteiger partial charge >= 0.3 is 5.97 Å². The predicted octanol–water partition coefficient (Wildman–Crippen LogP) is 4.98. The number of aromatic nitrogens is 2. The average Bonchev–Trinajstić information content (AvgIpc) is 2.71. The van der Waals surface area contributed by atoms with E-state index >= 15 is 0 Å². The van der Waals surface area contributed by atoms with Crippen LogP contribution in [-0.4, -0.2) is 44.8 Å². The highest BCUT2D eigenvalue weighted by Gasteiger charge is 2.36. The minimum Gasteiger partial charge on any atom is -0.506 e. The molecule has 1 aliphatic rings. The quantitative estimate of drug-likeness (QED) is 0.653. The standard InChI is InChI=1S/C25H35N3O4/c1-7-18-20(22(23(30)31)32-24(2,3)4)21(28-12-10-25(5,6)11-13-28)17(15-27-18)19-9-8-16(29)14-26-19/h8-9,14-15,22,29H,7,10-13H2,1-6H3,(H,30,31). The van der Waals surface area contributed by atoms with E-state index in [9.17, 15) is 15.0 Å². The molecule has 2 N–H and O–H groups in total. The first-order valence-electron chi connectivity index (χ1n) is 11.2. The number of aliphatic carboxylic acids is 1. The van der Waals surface area contributed by atoms with Crippen LogP contribution in [0.3, 0.4) is 0 Å². The molecule has 1 fully saturated rings. The normalized spacial score (nSPS) is 17.2. The van der Waals surface area contributed by atoms with Gasteiger partial charge in [-0.2, -0.15) is 0 Å². The van der Waals surface area contributed by atoms with Gasteiger partial charge in [0.2, 0.25) is 0 Å². The molecule has 0 saturated carbocycles. The second-order valence-electron chi connectivity index (χ2n) is 10.2. The van der Waals surface area contributed by atoms with E-state index in [1.54, 1.807) is 18.3 Å². The van der Waals surface area contributed by atoms with Gasteiger partial charge in [0.1, 0.15) is 5.75 Å². The lowest BCUT2D eigenvalue weighted by molar-refractivity contribution is -0.160. The van der Waals surface area contributed by atoms with E-state index in [0.717, 1.165) is 37.2 Å². The van der Waals surface area contributed by atoms with Crippen LogP contribution in [0.25, 0.3) is 11.3 Å². The van der Waals surface area contributed by atoms with Gasteiger partial charge < -0.3 is 19.8 Å². The fraction of sp³-hybridized carbons (Fsp3) is 0.560. The van der Waals surface area contributed by atoms with Gasteiger partial charge in [-0.3, -0.25) is 9.97 Å². The summed E-state index contributed by atoms with van der Waals surface area (Å²) in [6.07, 6.45) is 4.59. The molecule has 0 aliphatic carbocycles. The number of carboxylic acids is 1. The number of aromatic hydroxyl groups is 1. The molecule has 0 amide bonds. The maximum atomic E-state index is 12.5. The summed E-state index contributed by atoms with van der Waals surface area (Å²) in [7, 11) is 0. The zero-order valence-electron chi connectivity index (χ0n) is 20.0. The van der Waals surface area contributed by atoms with Gasteiger partial charge in [-0.05, 0) is 57.6 Å². The molecule has 1 aliphatic heterocycles. The van der Waals surface area contributed by atoms with E-state index in [1.165, 1.54) is 6.20 Å². The summed E-state index contributed by atoms with van der Waals surface area (Å²) in [4.78, 5) is 23.8. The molecule has 0 spiro atoms. The van der Waals surface area contributed by atoms with Crippen LogP contribution < -0.4 is 4.90 Å². The maximum Gasteiger partial charge on any atom is 0.337 e.